The van der Waals surface area contributed by atoms with Gasteiger partial charge in [-0.3, -0.25) is 19.6 Å². The van der Waals surface area contributed by atoms with Crippen molar-refractivity contribution in [2.24, 2.45) is 24.1 Å². The van der Waals surface area contributed by atoms with E-state index in [2.05, 4.69) is 9.97 Å². The molecule has 2 atom stereocenters. The van der Waals surface area contributed by atoms with E-state index in [1.165, 1.54) is 14.2 Å². The summed E-state index contributed by atoms with van der Waals surface area (Å²) in [6, 6.07) is 11.4. The van der Waals surface area contributed by atoms with E-state index in [9.17, 15) is 14.7 Å². The zero-order chi connectivity index (χ0) is 38.0. The molecule has 0 saturated carbocycles. The van der Waals surface area contributed by atoms with Crippen LogP contribution in [-0.4, -0.2) is 84.6 Å². The molecular weight excluding hydrogens is 704 g/mol. The van der Waals surface area contributed by atoms with Gasteiger partial charge >= 0.3 is 0 Å². The number of phenols is 1. The molecule has 4 aliphatic rings. The predicted octanol–water partition coefficient (Wildman–Crippen LogP) is 4.60. The number of carbonyl (C=O) groups excluding carboxylic acids is 2. The molecule has 280 valence electrons. The SMILES string of the molecule is COc1cc2c(cc1OCc1cc(O)cc(COc3cc4c(cc3OC)C(=O)N3Cc5ncn(C)c5C[C@H]3C=N4)c1)N=C[C@@H]1Cc3c(ncn3C)CN1C2=O. The third-order valence-corrected chi connectivity index (χ3v) is 10.7. The van der Waals surface area contributed by atoms with Crippen LogP contribution < -0.4 is 18.9 Å². The molecule has 3 aromatic carbocycles. The third kappa shape index (κ3) is 6.01. The quantitative estimate of drug-likeness (QED) is 0.240. The first-order valence-corrected chi connectivity index (χ1v) is 17.9. The number of rotatable bonds is 8. The largest absolute Gasteiger partial charge is 0.508 e. The van der Waals surface area contributed by atoms with Gasteiger partial charge in [0.1, 0.15) is 19.0 Å². The summed E-state index contributed by atoms with van der Waals surface area (Å²) >= 11 is 0. The van der Waals surface area contributed by atoms with Gasteiger partial charge in [0, 0.05) is 62.9 Å². The molecule has 0 bridgehead atoms. The van der Waals surface area contributed by atoms with Crippen molar-refractivity contribution >= 4 is 35.6 Å². The average Bonchev–Trinajstić information content (AvgIpc) is 3.67. The highest BCUT2D eigenvalue weighted by Gasteiger charge is 2.36. The van der Waals surface area contributed by atoms with E-state index < -0.39 is 0 Å². The summed E-state index contributed by atoms with van der Waals surface area (Å²) in [6.45, 7) is 0.962. The Kier molecular flexibility index (Phi) is 8.28. The van der Waals surface area contributed by atoms with Gasteiger partial charge in [-0.15, -0.1) is 0 Å². The molecule has 0 unspecified atom stereocenters. The molecule has 2 aromatic heterocycles. The van der Waals surface area contributed by atoms with Crippen molar-refractivity contribution < 1.29 is 33.6 Å². The van der Waals surface area contributed by atoms with Gasteiger partial charge in [0.25, 0.3) is 11.8 Å². The lowest BCUT2D eigenvalue weighted by Gasteiger charge is -2.32. The minimum atomic E-state index is -0.203. The fraction of sp³-hybridized carbons (Fsp3) is 0.300. The number of amides is 2. The smallest absolute Gasteiger partial charge is 0.257 e. The number of methoxy groups -OCH3 is 2. The number of aromatic nitrogens is 4. The molecule has 1 N–H and O–H groups in total. The molecule has 0 aliphatic carbocycles. The molecule has 0 saturated heterocycles. The summed E-state index contributed by atoms with van der Waals surface area (Å²) in [7, 11) is 6.95. The summed E-state index contributed by atoms with van der Waals surface area (Å²) in [4.78, 5) is 49.5. The van der Waals surface area contributed by atoms with Crippen LogP contribution in [0, 0.1) is 0 Å². The molecule has 0 spiro atoms. The molecule has 0 radical (unpaired) electrons. The Morgan fingerprint density at radius 3 is 1.55 bits per heavy atom. The topological polar surface area (TPSA) is 158 Å². The fourth-order valence-electron chi connectivity index (χ4n) is 7.75. The first kappa shape index (κ1) is 34.1. The van der Waals surface area contributed by atoms with Gasteiger partial charge in [0.15, 0.2) is 23.0 Å². The number of hydrogen-bond acceptors (Lipinski definition) is 11. The molecule has 4 aliphatic heterocycles. The Balaban J connectivity index is 0.913. The van der Waals surface area contributed by atoms with Gasteiger partial charge in [-0.25, -0.2) is 9.97 Å². The second kappa shape index (κ2) is 13.3. The van der Waals surface area contributed by atoms with E-state index in [1.807, 2.05) is 41.7 Å². The number of hydrogen-bond donors (Lipinski definition) is 1. The summed E-state index contributed by atoms with van der Waals surface area (Å²) in [6.07, 6.45) is 8.41. The number of aromatic hydroxyl groups is 1. The van der Waals surface area contributed by atoms with Crippen molar-refractivity contribution in [3.05, 3.63) is 100 Å². The maximum absolute atomic E-state index is 13.8. The highest BCUT2D eigenvalue weighted by molar-refractivity contribution is 6.04. The first-order valence-electron chi connectivity index (χ1n) is 17.9. The van der Waals surface area contributed by atoms with Crippen LogP contribution in [0.2, 0.25) is 0 Å². The zero-order valence-electron chi connectivity index (χ0n) is 30.7. The summed E-state index contributed by atoms with van der Waals surface area (Å²) in [5.74, 6) is 1.30. The number of ether oxygens (including phenoxy) is 4. The molecule has 9 rings (SSSR count). The Bertz CT molecular complexity index is 2290. The van der Waals surface area contributed by atoms with Crippen molar-refractivity contribution in [3.63, 3.8) is 0 Å². The highest BCUT2D eigenvalue weighted by atomic mass is 16.5. The van der Waals surface area contributed by atoms with Gasteiger partial charge in [0.2, 0.25) is 0 Å². The third-order valence-electron chi connectivity index (χ3n) is 10.7. The minimum absolute atomic E-state index is 0.0344. The molecule has 15 heteroatoms. The van der Waals surface area contributed by atoms with E-state index >= 15 is 0 Å². The number of nitrogens with zero attached hydrogens (tertiary/aromatic N) is 8. The summed E-state index contributed by atoms with van der Waals surface area (Å²) in [5, 5.41) is 10.7. The van der Waals surface area contributed by atoms with E-state index in [0.717, 1.165) is 22.8 Å². The lowest BCUT2D eigenvalue weighted by Crippen LogP contribution is -2.44. The standard InChI is InChI=1S/C40H38N8O7/c1-45-20-43-31-16-47-24(8-33(31)45)14-41-29-12-37(35(52-3)10-27(29)39(47)50)54-18-22-5-23(7-26(49)6-22)19-55-38-13-30-28(11-36(38)53-4)40(51)48-17-32-34(46(2)21-44-32)9-25(48)15-42-30/h5-7,10-15,20-21,24-25,49H,8-9,16-19H2,1-4H3/t24-,25-/m0/s1. The second-order valence-corrected chi connectivity index (χ2v) is 14.1. The van der Waals surface area contributed by atoms with Crippen LogP contribution in [0.25, 0.3) is 0 Å². The normalized spacial score (nSPS) is 18.0. The molecule has 2 amide bonds. The Labute approximate surface area is 316 Å². The van der Waals surface area contributed by atoms with Crippen molar-refractivity contribution in [1.82, 2.24) is 28.9 Å². The number of carbonyl (C=O) groups is 2. The fourth-order valence-corrected chi connectivity index (χ4v) is 7.75. The van der Waals surface area contributed by atoms with Crippen LogP contribution in [0.4, 0.5) is 11.4 Å². The van der Waals surface area contributed by atoms with E-state index in [4.69, 9.17) is 28.9 Å². The molecule has 15 nitrogen and oxygen atoms in total. The lowest BCUT2D eigenvalue weighted by molar-refractivity contribution is 0.0691. The number of phenolic OH excluding ortho intramolecular Hbond substituents is 1. The highest BCUT2D eigenvalue weighted by Crippen LogP contribution is 2.40. The number of aryl methyl sites for hydroxylation is 2. The van der Waals surface area contributed by atoms with Gasteiger partial charge in [-0.2, -0.15) is 0 Å². The molecular formula is C40H38N8O7. The molecule has 55 heavy (non-hydrogen) atoms. The monoisotopic (exact) mass is 742 g/mol. The maximum atomic E-state index is 13.8. The van der Waals surface area contributed by atoms with Crippen LogP contribution in [0.3, 0.4) is 0 Å². The number of aliphatic imine (C=N–C) groups is 2. The van der Waals surface area contributed by atoms with Crippen molar-refractivity contribution in [3.8, 4) is 28.7 Å². The van der Waals surface area contributed by atoms with Crippen molar-refractivity contribution in [2.45, 2.75) is 51.2 Å². The van der Waals surface area contributed by atoms with Gasteiger partial charge in [-0.05, 0) is 41.5 Å². The molecule has 6 heterocycles. The van der Waals surface area contributed by atoms with E-state index in [-0.39, 0.29) is 42.9 Å². The summed E-state index contributed by atoms with van der Waals surface area (Å²) < 4.78 is 27.7. The predicted molar refractivity (Wildman–Crippen MR) is 200 cm³/mol. The van der Waals surface area contributed by atoms with E-state index in [1.54, 1.807) is 58.9 Å². The van der Waals surface area contributed by atoms with Crippen LogP contribution in [-0.2, 0) is 53.2 Å². The van der Waals surface area contributed by atoms with Crippen molar-refractivity contribution in [2.75, 3.05) is 14.2 Å². The minimum Gasteiger partial charge on any atom is -0.508 e. The molecule has 5 aromatic rings. The lowest BCUT2D eigenvalue weighted by atomic mass is 10.0. The van der Waals surface area contributed by atoms with Gasteiger partial charge in [0.05, 0.1) is 85.9 Å². The van der Waals surface area contributed by atoms with Crippen LogP contribution >= 0.6 is 0 Å². The van der Waals surface area contributed by atoms with E-state index in [0.29, 0.717) is 82.6 Å². The zero-order valence-corrected chi connectivity index (χ0v) is 30.7. The van der Waals surface area contributed by atoms with Crippen LogP contribution in [0.5, 0.6) is 28.7 Å². The van der Waals surface area contributed by atoms with Gasteiger partial charge in [-0.1, -0.05) is 0 Å². The maximum Gasteiger partial charge on any atom is 0.257 e. The number of fused-ring (bicyclic) bond motifs is 6. The number of imidazole rings is 2. The van der Waals surface area contributed by atoms with Crippen molar-refractivity contribution in [1.29, 1.82) is 0 Å². The average molecular weight is 743 g/mol. The second-order valence-electron chi connectivity index (χ2n) is 14.1. The Morgan fingerprint density at radius 1 is 0.655 bits per heavy atom. The Hall–Kier alpha value is -6.64. The number of benzene rings is 3. The van der Waals surface area contributed by atoms with Gasteiger partial charge < -0.3 is 43.0 Å². The summed E-state index contributed by atoms with van der Waals surface area (Å²) in [5.41, 5.74) is 7.10. The Morgan fingerprint density at radius 2 is 1.11 bits per heavy atom. The van der Waals surface area contributed by atoms with Crippen LogP contribution in [0.15, 0.2) is 65.1 Å². The molecule has 0 fully saturated rings. The first-order chi connectivity index (χ1) is 26.7. The van der Waals surface area contributed by atoms with Crippen LogP contribution in [0.1, 0.15) is 54.6 Å².